The predicted molar refractivity (Wildman–Crippen MR) is 64.8 cm³/mol. The molecule has 0 saturated carbocycles. The molecule has 0 aliphatic rings. The summed E-state index contributed by atoms with van der Waals surface area (Å²) in [4.78, 5) is 11.2. The summed E-state index contributed by atoms with van der Waals surface area (Å²) in [7, 11) is 0. The first-order chi connectivity index (χ1) is 7.66. The van der Waals surface area contributed by atoms with Crippen LogP contribution in [0.15, 0.2) is 0 Å². The van der Waals surface area contributed by atoms with Crippen molar-refractivity contribution in [3.05, 3.63) is 0 Å². The third-order valence-corrected chi connectivity index (χ3v) is 1.82. The van der Waals surface area contributed by atoms with E-state index in [9.17, 15) is 9.90 Å². The molecule has 0 aromatic rings. The zero-order valence-electron chi connectivity index (χ0n) is 11.0. The van der Waals surface area contributed by atoms with Crippen LogP contribution in [0.3, 0.4) is 0 Å². The first-order valence-corrected chi connectivity index (χ1v) is 5.67. The maximum atomic E-state index is 11.2. The van der Waals surface area contributed by atoms with Crippen molar-refractivity contribution in [3.8, 4) is 0 Å². The summed E-state index contributed by atoms with van der Waals surface area (Å²) < 4.78 is 5.04. The van der Waals surface area contributed by atoms with Gasteiger partial charge in [-0.3, -0.25) is 0 Å². The van der Waals surface area contributed by atoms with Crippen LogP contribution in [0.2, 0.25) is 0 Å². The molecule has 0 aliphatic heterocycles. The maximum absolute atomic E-state index is 11.2. The molecular formula is C11H24N2O4. The van der Waals surface area contributed by atoms with Gasteiger partial charge in [0.1, 0.15) is 5.60 Å². The van der Waals surface area contributed by atoms with Crippen molar-refractivity contribution < 1.29 is 19.7 Å². The van der Waals surface area contributed by atoms with Gasteiger partial charge in [-0.05, 0) is 27.7 Å². The van der Waals surface area contributed by atoms with E-state index < -0.39 is 17.3 Å². The van der Waals surface area contributed by atoms with Crippen LogP contribution in [0.5, 0.6) is 0 Å². The highest BCUT2D eigenvalue weighted by molar-refractivity contribution is 5.67. The topological polar surface area (TPSA) is 90.8 Å². The van der Waals surface area contributed by atoms with Crippen molar-refractivity contribution in [2.75, 3.05) is 26.2 Å². The summed E-state index contributed by atoms with van der Waals surface area (Å²) in [5.41, 5.74) is -1.63. The van der Waals surface area contributed by atoms with E-state index in [1.807, 2.05) is 0 Å². The van der Waals surface area contributed by atoms with Crippen LogP contribution in [0.25, 0.3) is 0 Å². The van der Waals surface area contributed by atoms with Crippen molar-refractivity contribution in [2.24, 2.45) is 0 Å². The van der Waals surface area contributed by atoms with Gasteiger partial charge in [0.05, 0.1) is 12.2 Å². The average Bonchev–Trinajstić information content (AvgIpc) is 2.14. The maximum Gasteiger partial charge on any atom is 0.407 e. The molecule has 6 heteroatoms. The third kappa shape index (κ3) is 10.0. The summed E-state index contributed by atoms with van der Waals surface area (Å²) in [6.45, 7) is 7.77. The Morgan fingerprint density at radius 2 is 1.82 bits per heavy atom. The number of nitrogens with one attached hydrogen (secondary N) is 2. The van der Waals surface area contributed by atoms with E-state index in [1.54, 1.807) is 20.8 Å². The molecule has 1 amide bonds. The van der Waals surface area contributed by atoms with Crippen molar-refractivity contribution in [1.82, 2.24) is 10.6 Å². The van der Waals surface area contributed by atoms with E-state index >= 15 is 0 Å². The monoisotopic (exact) mass is 248 g/mol. The van der Waals surface area contributed by atoms with Gasteiger partial charge in [-0.1, -0.05) is 0 Å². The largest absolute Gasteiger partial charge is 0.444 e. The standard InChI is InChI=1S/C11H24N2O4/c1-10(2,3)17-9(15)13-6-5-12-7-11(4,16)8-14/h12,14,16H,5-8H2,1-4H3,(H,13,15). The number of carbonyl (C=O) groups is 1. The van der Waals surface area contributed by atoms with Crippen LogP contribution < -0.4 is 10.6 Å². The van der Waals surface area contributed by atoms with Gasteiger partial charge in [-0.15, -0.1) is 0 Å². The summed E-state index contributed by atoms with van der Waals surface area (Å²) in [5, 5.41) is 23.7. The molecule has 0 bridgehead atoms. The molecule has 4 N–H and O–H groups in total. The Hall–Kier alpha value is -0.850. The minimum absolute atomic E-state index is 0.263. The number of rotatable bonds is 6. The van der Waals surface area contributed by atoms with E-state index in [0.29, 0.717) is 13.1 Å². The van der Waals surface area contributed by atoms with Gasteiger partial charge < -0.3 is 25.6 Å². The lowest BCUT2D eigenvalue weighted by molar-refractivity contribution is 0.00296. The molecule has 0 saturated heterocycles. The number of carbonyl (C=O) groups excluding carboxylic acids is 1. The van der Waals surface area contributed by atoms with Gasteiger partial charge in [-0.2, -0.15) is 0 Å². The van der Waals surface area contributed by atoms with Gasteiger partial charge in [-0.25, -0.2) is 4.79 Å². The first-order valence-electron chi connectivity index (χ1n) is 5.67. The summed E-state index contributed by atoms with van der Waals surface area (Å²) >= 11 is 0. The summed E-state index contributed by atoms with van der Waals surface area (Å²) in [6, 6.07) is 0. The number of ether oxygens (including phenoxy) is 1. The van der Waals surface area contributed by atoms with E-state index in [2.05, 4.69) is 10.6 Å². The quantitative estimate of drug-likeness (QED) is 0.491. The fourth-order valence-corrected chi connectivity index (χ4v) is 0.981. The molecule has 0 aliphatic carbocycles. The van der Waals surface area contributed by atoms with E-state index in [1.165, 1.54) is 6.92 Å². The fraction of sp³-hybridized carbons (Fsp3) is 0.909. The molecule has 0 aromatic heterocycles. The van der Waals surface area contributed by atoms with Gasteiger partial charge in [0.2, 0.25) is 0 Å². The molecule has 1 unspecified atom stereocenters. The molecular weight excluding hydrogens is 224 g/mol. The lowest BCUT2D eigenvalue weighted by Gasteiger charge is -2.21. The minimum Gasteiger partial charge on any atom is -0.444 e. The lowest BCUT2D eigenvalue weighted by Crippen LogP contribution is -2.43. The molecule has 0 radical (unpaired) electrons. The zero-order chi connectivity index (χ0) is 13.5. The number of hydrogen-bond donors (Lipinski definition) is 4. The second kappa shape index (κ2) is 6.78. The highest BCUT2D eigenvalue weighted by atomic mass is 16.6. The first kappa shape index (κ1) is 16.1. The Bertz CT molecular complexity index is 236. The minimum atomic E-state index is -1.13. The Labute approximate surface area is 102 Å². The number of amides is 1. The normalized spacial score (nSPS) is 15.2. The molecule has 0 heterocycles. The van der Waals surface area contributed by atoms with Crippen LogP contribution in [0, 0.1) is 0 Å². The van der Waals surface area contributed by atoms with E-state index in [0.717, 1.165) is 0 Å². The summed E-state index contributed by atoms with van der Waals surface area (Å²) in [6.07, 6.45) is -0.465. The SMILES string of the molecule is CC(O)(CO)CNCCNC(=O)OC(C)(C)C. The average molecular weight is 248 g/mol. The summed E-state index contributed by atoms with van der Waals surface area (Å²) in [5.74, 6) is 0. The fourth-order valence-electron chi connectivity index (χ4n) is 0.981. The highest BCUT2D eigenvalue weighted by Gasteiger charge is 2.18. The van der Waals surface area contributed by atoms with Crippen molar-refractivity contribution >= 4 is 6.09 Å². The predicted octanol–water partition coefficient (Wildman–Crippen LogP) is -0.156. The Morgan fingerprint density at radius 1 is 1.24 bits per heavy atom. The number of aliphatic hydroxyl groups excluding tert-OH is 1. The molecule has 0 spiro atoms. The molecule has 0 aromatic carbocycles. The molecule has 0 rings (SSSR count). The number of aliphatic hydroxyl groups is 2. The van der Waals surface area contributed by atoms with E-state index in [4.69, 9.17) is 9.84 Å². The van der Waals surface area contributed by atoms with Crippen LogP contribution in [-0.4, -0.2) is 53.7 Å². The molecule has 6 nitrogen and oxygen atoms in total. The lowest BCUT2D eigenvalue weighted by atomic mass is 10.1. The van der Waals surface area contributed by atoms with Crippen LogP contribution in [0.4, 0.5) is 4.79 Å². The molecule has 0 fully saturated rings. The van der Waals surface area contributed by atoms with Crippen molar-refractivity contribution in [3.63, 3.8) is 0 Å². The second-order valence-electron chi connectivity index (χ2n) is 5.26. The van der Waals surface area contributed by atoms with Gasteiger partial charge in [0.15, 0.2) is 0 Å². The van der Waals surface area contributed by atoms with Crippen LogP contribution in [-0.2, 0) is 4.74 Å². The van der Waals surface area contributed by atoms with E-state index in [-0.39, 0.29) is 13.2 Å². The van der Waals surface area contributed by atoms with Gasteiger partial charge >= 0.3 is 6.09 Å². The Kier molecular flexibility index (Phi) is 6.44. The van der Waals surface area contributed by atoms with Crippen LogP contribution in [0.1, 0.15) is 27.7 Å². The Balaban J connectivity index is 3.56. The molecule has 1 atom stereocenters. The number of hydrogen-bond acceptors (Lipinski definition) is 5. The molecule has 17 heavy (non-hydrogen) atoms. The zero-order valence-corrected chi connectivity index (χ0v) is 11.0. The second-order valence-corrected chi connectivity index (χ2v) is 5.26. The van der Waals surface area contributed by atoms with Crippen LogP contribution >= 0.6 is 0 Å². The smallest absolute Gasteiger partial charge is 0.407 e. The third-order valence-electron chi connectivity index (χ3n) is 1.82. The number of alkyl carbamates (subject to hydrolysis) is 1. The van der Waals surface area contributed by atoms with Gasteiger partial charge in [0, 0.05) is 19.6 Å². The van der Waals surface area contributed by atoms with Crippen molar-refractivity contribution in [2.45, 2.75) is 38.9 Å². The van der Waals surface area contributed by atoms with Crippen molar-refractivity contribution in [1.29, 1.82) is 0 Å². The van der Waals surface area contributed by atoms with Gasteiger partial charge in [0.25, 0.3) is 0 Å². The highest BCUT2D eigenvalue weighted by Crippen LogP contribution is 2.05. The molecule has 102 valence electrons. The Morgan fingerprint density at radius 3 is 2.29 bits per heavy atom.